The first kappa shape index (κ1) is 11.7. The van der Waals surface area contributed by atoms with Crippen molar-refractivity contribution in [3.05, 3.63) is 12.4 Å². The molecule has 1 heterocycles. The average Bonchev–Trinajstić information content (AvgIpc) is 2.27. The molecule has 15 heavy (non-hydrogen) atoms. The van der Waals surface area contributed by atoms with Gasteiger partial charge in [-0.05, 0) is 6.42 Å². The van der Waals surface area contributed by atoms with E-state index in [1.807, 2.05) is 6.92 Å². The highest BCUT2D eigenvalue weighted by molar-refractivity contribution is 8.00. The first-order chi connectivity index (χ1) is 7.19. The molecule has 1 aromatic heterocycles. The molecule has 1 atom stereocenters. The summed E-state index contributed by atoms with van der Waals surface area (Å²) in [7, 11) is 0. The Balaban J connectivity index is 2.75. The third kappa shape index (κ3) is 3.07. The van der Waals surface area contributed by atoms with E-state index in [0.29, 0.717) is 17.3 Å². The number of nitrogens with one attached hydrogen (secondary N) is 1. The number of thioether (sulfide) groups is 1. The molecule has 0 bridgehead atoms. The highest BCUT2D eigenvalue weighted by atomic mass is 32.2. The van der Waals surface area contributed by atoms with Crippen LogP contribution in [0.25, 0.3) is 0 Å². The van der Waals surface area contributed by atoms with Crippen molar-refractivity contribution in [3.8, 4) is 0 Å². The van der Waals surface area contributed by atoms with Crippen LogP contribution in [0.4, 0.5) is 5.82 Å². The summed E-state index contributed by atoms with van der Waals surface area (Å²) in [5.74, 6) is 5.14. The second kappa shape index (κ2) is 5.52. The van der Waals surface area contributed by atoms with Crippen molar-refractivity contribution in [2.45, 2.75) is 23.6 Å². The molecule has 0 radical (unpaired) electrons. The van der Waals surface area contributed by atoms with Crippen LogP contribution in [-0.2, 0) is 4.79 Å². The van der Waals surface area contributed by atoms with Gasteiger partial charge in [0, 0.05) is 12.4 Å². The number of hydrazine groups is 1. The van der Waals surface area contributed by atoms with Crippen LogP contribution < -0.4 is 17.0 Å². The molecule has 0 aromatic carbocycles. The molecule has 0 aliphatic rings. The van der Waals surface area contributed by atoms with Crippen molar-refractivity contribution in [1.82, 2.24) is 15.4 Å². The van der Waals surface area contributed by atoms with E-state index >= 15 is 0 Å². The quantitative estimate of drug-likeness (QED) is 0.287. The number of nitrogen functional groups attached to an aromatic ring is 1. The minimum atomic E-state index is -0.297. The fourth-order valence-electron chi connectivity index (χ4n) is 0.977. The highest BCUT2D eigenvalue weighted by Crippen LogP contribution is 2.26. The summed E-state index contributed by atoms with van der Waals surface area (Å²) < 4.78 is 0. The fourth-order valence-corrected chi connectivity index (χ4v) is 1.88. The summed E-state index contributed by atoms with van der Waals surface area (Å²) in [5, 5.41) is 0.252. The maximum Gasteiger partial charge on any atom is 0.247 e. The first-order valence-electron chi connectivity index (χ1n) is 4.42. The number of nitrogens with zero attached hydrogens (tertiary/aromatic N) is 2. The Morgan fingerprint density at radius 1 is 1.60 bits per heavy atom. The number of rotatable bonds is 4. The van der Waals surface area contributed by atoms with E-state index in [4.69, 9.17) is 11.6 Å². The number of carbonyl (C=O) groups is 1. The maximum atomic E-state index is 11.3. The lowest BCUT2D eigenvalue weighted by molar-refractivity contribution is -0.120. The monoisotopic (exact) mass is 227 g/mol. The van der Waals surface area contributed by atoms with Gasteiger partial charge in [0.25, 0.3) is 0 Å². The van der Waals surface area contributed by atoms with Gasteiger partial charge >= 0.3 is 0 Å². The molecule has 1 rings (SSSR count). The molecule has 0 saturated carbocycles. The van der Waals surface area contributed by atoms with Crippen LogP contribution >= 0.6 is 11.8 Å². The Morgan fingerprint density at radius 2 is 2.27 bits per heavy atom. The molecule has 0 aliphatic carbocycles. The number of aromatic nitrogens is 2. The van der Waals surface area contributed by atoms with Gasteiger partial charge in [0.05, 0.1) is 5.25 Å². The molecule has 5 N–H and O–H groups in total. The highest BCUT2D eigenvalue weighted by Gasteiger charge is 2.18. The Morgan fingerprint density at radius 3 is 2.80 bits per heavy atom. The van der Waals surface area contributed by atoms with E-state index in [9.17, 15) is 4.79 Å². The van der Waals surface area contributed by atoms with E-state index in [-0.39, 0.29) is 11.2 Å². The van der Waals surface area contributed by atoms with Crippen LogP contribution in [0.1, 0.15) is 13.3 Å². The van der Waals surface area contributed by atoms with Gasteiger partial charge in [-0.25, -0.2) is 15.8 Å². The van der Waals surface area contributed by atoms with Gasteiger partial charge in [0.1, 0.15) is 5.03 Å². The number of nitrogens with two attached hydrogens (primary N) is 2. The van der Waals surface area contributed by atoms with E-state index in [1.165, 1.54) is 24.2 Å². The molecule has 1 aromatic rings. The van der Waals surface area contributed by atoms with E-state index in [1.54, 1.807) is 0 Å². The van der Waals surface area contributed by atoms with Crippen LogP contribution in [0, 0.1) is 0 Å². The van der Waals surface area contributed by atoms with Crippen LogP contribution in [0.15, 0.2) is 17.4 Å². The summed E-state index contributed by atoms with van der Waals surface area (Å²) in [6.45, 7) is 1.89. The number of hydrogen-bond donors (Lipinski definition) is 3. The molecular formula is C8H13N5OS. The summed E-state index contributed by atoms with van der Waals surface area (Å²) in [4.78, 5) is 19.2. The predicted molar refractivity (Wildman–Crippen MR) is 58.7 cm³/mol. The third-order valence-electron chi connectivity index (χ3n) is 1.75. The fraction of sp³-hybridized carbons (Fsp3) is 0.375. The molecule has 1 amide bonds. The van der Waals surface area contributed by atoms with E-state index in [2.05, 4.69) is 15.4 Å². The number of anilines is 1. The van der Waals surface area contributed by atoms with Crippen molar-refractivity contribution < 1.29 is 4.79 Å². The molecular weight excluding hydrogens is 214 g/mol. The minimum absolute atomic E-state index is 0.243. The van der Waals surface area contributed by atoms with Gasteiger partial charge in [-0.1, -0.05) is 18.7 Å². The summed E-state index contributed by atoms with van der Waals surface area (Å²) in [6, 6.07) is 0. The molecule has 0 saturated heterocycles. The van der Waals surface area contributed by atoms with Gasteiger partial charge in [-0.2, -0.15) is 0 Å². The van der Waals surface area contributed by atoms with Crippen molar-refractivity contribution in [2.75, 3.05) is 5.73 Å². The second-order valence-electron chi connectivity index (χ2n) is 2.77. The SMILES string of the molecule is CCC(Sc1nccnc1N)C(=O)NN. The van der Waals surface area contributed by atoms with Gasteiger partial charge in [-0.3, -0.25) is 10.2 Å². The average molecular weight is 227 g/mol. The zero-order valence-electron chi connectivity index (χ0n) is 8.30. The standard InChI is InChI=1S/C8H13N5OS/c1-2-5(7(14)13-10)15-8-6(9)11-3-4-12-8/h3-5H,2,10H2,1H3,(H2,9,11)(H,13,14). The lowest BCUT2D eigenvalue weighted by Crippen LogP contribution is -2.37. The lowest BCUT2D eigenvalue weighted by Gasteiger charge is -2.12. The van der Waals surface area contributed by atoms with Crippen molar-refractivity contribution >= 4 is 23.5 Å². The van der Waals surface area contributed by atoms with E-state index in [0.717, 1.165) is 0 Å². The topological polar surface area (TPSA) is 107 Å². The molecule has 1 unspecified atom stereocenters. The number of carbonyl (C=O) groups excluding carboxylic acids is 1. The summed E-state index contributed by atoms with van der Waals surface area (Å²) >= 11 is 1.26. The lowest BCUT2D eigenvalue weighted by atomic mass is 10.3. The Bertz CT molecular complexity index is 346. The Kier molecular flexibility index (Phi) is 4.32. The smallest absolute Gasteiger partial charge is 0.247 e. The first-order valence-corrected chi connectivity index (χ1v) is 5.30. The predicted octanol–water partition coefficient (Wildman–Crippen LogP) is -0.0806. The van der Waals surface area contributed by atoms with Crippen LogP contribution in [0.2, 0.25) is 0 Å². The zero-order valence-corrected chi connectivity index (χ0v) is 9.12. The van der Waals surface area contributed by atoms with Crippen LogP contribution in [0.3, 0.4) is 0 Å². The number of hydrogen-bond acceptors (Lipinski definition) is 6. The normalized spacial score (nSPS) is 12.1. The Hall–Kier alpha value is -1.34. The largest absolute Gasteiger partial charge is 0.381 e. The van der Waals surface area contributed by atoms with Gasteiger partial charge < -0.3 is 5.73 Å². The number of amides is 1. The second-order valence-corrected chi connectivity index (χ2v) is 3.96. The van der Waals surface area contributed by atoms with Crippen molar-refractivity contribution in [3.63, 3.8) is 0 Å². The maximum absolute atomic E-state index is 11.3. The van der Waals surface area contributed by atoms with Gasteiger partial charge in [-0.15, -0.1) is 0 Å². The molecule has 0 spiro atoms. The molecule has 0 fully saturated rings. The van der Waals surface area contributed by atoms with Gasteiger partial charge in [0.15, 0.2) is 5.82 Å². The molecule has 7 heteroatoms. The van der Waals surface area contributed by atoms with Crippen LogP contribution in [-0.4, -0.2) is 21.1 Å². The molecule has 82 valence electrons. The van der Waals surface area contributed by atoms with Crippen LogP contribution in [0.5, 0.6) is 0 Å². The zero-order chi connectivity index (χ0) is 11.3. The van der Waals surface area contributed by atoms with Crippen molar-refractivity contribution in [2.24, 2.45) is 5.84 Å². The minimum Gasteiger partial charge on any atom is -0.381 e. The summed E-state index contributed by atoms with van der Waals surface area (Å²) in [6.07, 6.45) is 3.68. The van der Waals surface area contributed by atoms with E-state index < -0.39 is 0 Å². The van der Waals surface area contributed by atoms with Crippen molar-refractivity contribution in [1.29, 1.82) is 0 Å². The summed E-state index contributed by atoms with van der Waals surface area (Å²) in [5.41, 5.74) is 7.71. The molecule has 0 aliphatic heterocycles. The Labute approximate surface area is 91.8 Å². The molecule has 6 nitrogen and oxygen atoms in total. The third-order valence-corrected chi connectivity index (χ3v) is 3.12. The van der Waals surface area contributed by atoms with Gasteiger partial charge in [0.2, 0.25) is 5.91 Å².